The molecular weight excluding hydrogens is 238 g/mol. The molecule has 102 valence electrons. The van der Waals surface area contributed by atoms with Crippen LogP contribution in [0.5, 0.6) is 0 Å². The molecule has 0 unspecified atom stereocenters. The third-order valence-corrected chi connectivity index (χ3v) is 1.66. The van der Waals surface area contributed by atoms with Gasteiger partial charge in [-0.05, 0) is 6.92 Å². The number of alkyl carbamates (subject to hydrolysis) is 1. The van der Waals surface area contributed by atoms with Gasteiger partial charge in [-0.25, -0.2) is 9.59 Å². The molecule has 0 aliphatic rings. The number of rotatable bonds is 9. The normalized spacial score (nSPS) is 9.39. The van der Waals surface area contributed by atoms with Gasteiger partial charge in [0, 0.05) is 12.1 Å². The molecule has 0 saturated heterocycles. The number of carbonyl (C=O) groups excluding carboxylic acids is 2. The maximum absolute atomic E-state index is 11.0. The number of hydrogen-bond acceptors (Lipinski definition) is 5. The van der Waals surface area contributed by atoms with Gasteiger partial charge in [-0.2, -0.15) is 0 Å². The summed E-state index contributed by atoms with van der Waals surface area (Å²) in [5, 5.41) is 2.48. The minimum atomic E-state index is -0.521. The van der Waals surface area contributed by atoms with E-state index in [4.69, 9.17) is 9.47 Å². The number of nitrogens with one attached hydrogen (secondary N) is 1. The van der Waals surface area contributed by atoms with Crippen molar-refractivity contribution in [2.24, 2.45) is 0 Å². The van der Waals surface area contributed by atoms with E-state index in [0.717, 1.165) is 0 Å². The van der Waals surface area contributed by atoms with Crippen molar-refractivity contribution >= 4 is 12.1 Å². The molecule has 0 radical (unpaired) electrons. The first-order valence-electron chi connectivity index (χ1n) is 5.49. The van der Waals surface area contributed by atoms with Gasteiger partial charge in [-0.1, -0.05) is 19.2 Å². The maximum atomic E-state index is 11.0. The molecular formula is C12H19NO5. The first-order valence-corrected chi connectivity index (χ1v) is 5.49. The van der Waals surface area contributed by atoms with E-state index in [9.17, 15) is 9.59 Å². The predicted octanol–water partition coefficient (Wildman–Crippen LogP) is 1.03. The van der Waals surface area contributed by atoms with Gasteiger partial charge in [-0.15, -0.1) is 0 Å². The molecule has 0 spiro atoms. The summed E-state index contributed by atoms with van der Waals surface area (Å²) < 4.78 is 14.6. The van der Waals surface area contributed by atoms with E-state index in [2.05, 4.69) is 23.2 Å². The standard InChI is InChI=1S/C12H19NO5/c1-4-6-18-12(15)13-5-7-16-8-9-17-11(14)10(2)3/h4H,1-2,5-9H2,3H3,(H,13,15). The van der Waals surface area contributed by atoms with Crippen molar-refractivity contribution in [3.8, 4) is 0 Å². The van der Waals surface area contributed by atoms with Crippen molar-refractivity contribution < 1.29 is 23.8 Å². The van der Waals surface area contributed by atoms with Crippen LogP contribution >= 0.6 is 0 Å². The third kappa shape index (κ3) is 9.41. The quantitative estimate of drug-likeness (QED) is 0.289. The Hall–Kier alpha value is -1.82. The zero-order chi connectivity index (χ0) is 13.8. The fourth-order valence-electron chi connectivity index (χ4n) is 0.829. The molecule has 0 aliphatic heterocycles. The van der Waals surface area contributed by atoms with Gasteiger partial charge < -0.3 is 19.5 Å². The van der Waals surface area contributed by atoms with Crippen LogP contribution in [-0.4, -0.2) is 45.0 Å². The molecule has 1 N–H and O–H groups in total. The second kappa shape index (κ2) is 10.3. The summed E-state index contributed by atoms with van der Waals surface area (Å²) in [7, 11) is 0. The average Bonchev–Trinajstić information content (AvgIpc) is 2.34. The Morgan fingerprint density at radius 3 is 2.56 bits per heavy atom. The first-order chi connectivity index (χ1) is 8.57. The van der Waals surface area contributed by atoms with Crippen LogP contribution < -0.4 is 5.32 Å². The SMILES string of the molecule is C=CCOC(=O)NCCOCCOC(=O)C(=C)C. The lowest BCUT2D eigenvalue weighted by molar-refractivity contribution is -0.140. The Morgan fingerprint density at radius 1 is 1.22 bits per heavy atom. The van der Waals surface area contributed by atoms with Gasteiger partial charge in [0.2, 0.25) is 0 Å². The summed E-state index contributed by atoms with van der Waals surface area (Å²) >= 11 is 0. The summed E-state index contributed by atoms with van der Waals surface area (Å²) in [5.74, 6) is -0.440. The van der Waals surface area contributed by atoms with E-state index in [1.54, 1.807) is 6.92 Å². The van der Waals surface area contributed by atoms with Gasteiger partial charge >= 0.3 is 12.1 Å². The lowest BCUT2D eigenvalue weighted by Gasteiger charge is -2.07. The smallest absolute Gasteiger partial charge is 0.407 e. The summed E-state index contributed by atoms with van der Waals surface area (Å²) in [6.45, 7) is 9.66. The predicted molar refractivity (Wildman–Crippen MR) is 66.1 cm³/mol. The molecule has 0 rings (SSSR count). The number of amides is 1. The van der Waals surface area contributed by atoms with Gasteiger partial charge in [0.05, 0.1) is 13.2 Å². The van der Waals surface area contributed by atoms with E-state index in [1.165, 1.54) is 6.08 Å². The van der Waals surface area contributed by atoms with Crippen LogP contribution in [-0.2, 0) is 19.0 Å². The minimum Gasteiger partial charge on any atom is -0.460 e. The van der Waals surface area contributed by atoms with Crippen molar-refractivity contribution in [1.29, 1.82) is 0 Å². The van der Waals surface area contributed by atoms with Crippen LogP contribution in [0.3, 0.4) is 0 Å². The van der Waals surface area contributed by atoms with Crippen LogP contribution in [0, 0.1) is 0 Å². The molecule has 0 saturated carbocycles. The fourth-order valence-corrected chi connectivity index (χ4v) is 0.829. The van der Waals surface area contributed by atoms with Gasteiger partial charge in [0.1, 0.15) is 13.2 Å². The summed E-state index contributed by atoms with van der Waals surface area (Å²) in [4.78, 5) is 21.9. The van der Waals surface area contributed by atoms with Crippen molar-refractivity contribution in [3.05, 3.63) is 24.8 Å². The van der Waals surface area contributed by atoms with Gasteiger partial charge in [-0.3, -0.25) is 0 Å². The Bertz CT molecular complexity index is 301. The van der Waals surface area contributed by atoms with E-state index in [0.29, 0.717) is 18.7 Å². The molecule has 0 aromatic rings. The monoisotopic (exact) mass is 257 g/mol. The molecule has 0 fully saturated rings. The Balaban J connectivity index is 3.30. The van der Waals surface area contributed by atoms with Crippen molar-refractivity contribution in [3.63, 3.8) is 0 Å². The van der Waals surface area contributed by atoms with E-state index in [1.807, 2.05) is 0 Å². The van der Waals surface area contributed by atoms with Crippen LogP contribution in [0.2, 0.25) is 0 Å². The molecule has 1 amide bonds. The molecule has 0 aliphatic carbocycles. The van der Waals surface area contributed by atoms with Crippen LogP contribution in [0.15, 0.2) is 24.8 Å². The maximum Gasteiger partial charge on any atom is 0.407 e. The van der Waals surface area contributed by atoms with Crippen molar-refractivity contribution in [2.45, 2.75) is 6.92 Å². The molecule has 0 aromatic carbocycles. The molecule has 0 atom stereocenters. The summed E-state index contributed by atoms with van der Waals surface area (Å²) in [6.07, 6.45) is 0.957. The zero-order valence-electron chi connectivity index (χ0n) is 10.6. The Morgan fingerprint density at radius 2 is 1.94 bits per heavy atom. The summed E-state index contributed by atoms with van der Waals surface area (Å²) in [6, 6.07) is 0. The van der Waals surface area contributed by atoms with Crippen molar-refractivity contribution in [2.75, 3.05) is 33.0 Å². The Kier molecular flexibility index (Phi) is 9.30. The largest absolute Gasteiger partial charge is 0.460 e. The fraction of sp³-hybridized carbons (Fsp3) is 0.500. The second-order valence-corrected chi connectivity index (χ2v) is 3.34. The highest BCUT2D eigenvalue weighted by molar-refractivity contribution is 5.86. The van der Waals surface area contributed by atoms with Gasteiger partial charge in [0.25, 0.3) is 0 Å². The molecule has 6 nitrogen and oxygen atoms in total. The molecule has 0 bridgehead atoms. The van der Waals surface area contributed by atoms with Crippen LogP contribution in [0.4, 0.5) is 4.79 Å². The topological polar surface area (TPSA) is 73.9 Å². The second-order valence-electron chi connectivity index (χ2n) is 3.34. The number of carbonyl (C=O) groups is 2. The van der Waals surface area contributed by atoms with Gasteiger partial charge in [0.15, 0.2) is 0 Å². The Labute approximate surface area is 107 Å². The first kappa shape index (κ1) is 16.2. The lowest BCUT2D eigenvalue weighted by Crippen LogP contribution is -2.28. The number of ether oxygens (including phenoxy) is 3. The number of hydrogen-bond donors (Lipinski definition) is 1. The number of esters is 1. The van der Waals surface area contributed by atoms with E-state index >= 15 is 0 Å². The molecule has 0 heterocycles. The molecule has 18 heavy (non-hydrogen) atoms. The summed E-state index contributed by atoms with van der Waals surface area (Å²) in [5.41, 5.74) is 0.349. The van der Waals surface area contributed by atoms with Crippen LogP contribution in [0.1, 0.15) is 6.92 Å². The molecule has 6 heteroatoms. The van der Waals surface area contributed by atoms with E-state index < -0.39 is 12.1 Å². The highest BCUT2D eigenvalue weighted by atomic mass is 16.6. The minimum absolute atomic E-state index is 0.159. The average molecular weight is 257 g/mol. The van der Waals surface area contributed by atoms with Crippen molar-refractivity contribution in [1.82, 2.24) is 5.32 Å². The highest BCUT2D eigenvalue weighted by Gasteiger charge is 2.02. The third-order valence-electron chi connectivity index (χ3n) is 1.66. The zero-order valence-corrected chi connectivity index (χ0v) is 10.6. The lowest BCUT2D eigenvalue weighted by atomic mass is 10.4. The van der Waals surface area contributed by atoms with E-state index in [-0.39, 0.29) is 19.8 Å². The molecule has 0 aromatic heterocycles. The highest BCUT2D eigenvalue weighted by Crippen LogP contribution is 1.91. The van der Waals surface area contributed by atoms with Crippen LogP contribution in [0.25, 0.3) is 0 Å².